The van der Waals surface area contributed by atoms with E-state index in [1.54, 1.807) is 12.1 Å². The first-order chi connectivity index (χ1) is 13.4. The number of nitrogens with zero attached hydrogens (tertiary/aromatic N) is 1. The van der Waals surface area contributed by atoms with E-state index in [0.29, 0.717) is 25.4 Å². The van der Waals surface area contributed by atoms with Crippen molar-refractivity contribution in [2.75, 3.05) is 32.2 Å². The molecule has 0 bridgehead atoms. The van der Waals surface area contributed by atoms with Crippen LogP contribution in [0.3, 0.4) is 0 Å². The Morgan fingerprint density at radius 2 is 1.93 bits per heavy atom. The number of halogens is 1. The molecule has 148 valence electrons. The summed E-state index contributed by atoms with van der Waals surface area (Å²) in [5.41, 5.74) is 1.03. The fourth-order valence-corrected chi connectivity index (χ4v) is 3.48. The van der Waals surface area contributed by atoms with Crippen LogP contribution in [0.2, 0.25) is 0 Å². The molecule has 7 nitrogen and oxygen atoms in total. The van der Waals surface area contributed by atoms with E-state index in [-0.39, 0.29) is 22.5 Å². The lowest BCUT2D eigenvalue weighted by molar-refractivity contribution is -0.384. The monoisotopic (exact) mass is 388 g/mol. The average Bonchev–Trinajstić information content (AvgIpc) is 2.72. The second-order valence-corrected chi connectivity index (χ2v) is 6.73. The Balaban J connectivity index is 1.90. The van der Waals surface area contributed by atoms with Gasteiger partial charge in [-0.25, -0.2) is 9.18 Å². The molecule has 0 saturated carbocycles. The van der Waals surface area contributed by atoms with E-state index in [2.05, 4.69) is 5.32 Å². The molecule has 1 fully saturated rings. The molecule has 8 heteroatoms. The Hall–Kier alpha value is -3.00. The molecule has 1 aliphatic heterocycles. The van der Waals surface area contributed by atoms with E-state index in [0.717, 1.165) is 18.4 Å². The molecule has 0 aliphatic carbocycles. The summed E-state index contributed by atoms with van der Waals surface area (Å²) in [6.45, 7) is 1.61. The first-order valence-electron chi connectivity index (χ1n) is 8.90. The molecule has 0 unspecified atom stereocenters. The van der Waals surface area contributed by atoms with Gasteiger partial charge < -0.3 is 14.8 Å². The van der Waals surface area contributed by atoms with Gasteiger partial charge in [0.15, 0.2) is 0 Å². The molecule has 2 aromatic carbocycles. The van der Waals surface area contributed by atoms with Crippen molar-refractivity contribution < 1.29 is 23.6 Å². The molecule has 0 spiro atoms. The minimum Gasteiger partial charge on any atom is -0.465 e. The van der Waals surface area contributed by atoms with Crippen LogP contribution >= 0.6 is 0 Å². The van der Waals surface area contributed by atoms with Gasteiger partial charge in [-0.2, -0.15) is 0 Å². The van der Waals surface area contributed by atoms with Crippen LogP contribution < -0.4 is 5.32 Å². The molecule has 28 heavy (non-hydrogen) atoms. The summed E-state index contributed by atoms with van der Waals surface area (Å²) >= 11 is 0. The number of esters is 1. The number of anilines is 1. The minimum atomic E-state index is -0.658. The van der Waals surface area contributed by atoms with E-state index < -0.39 is 10.9 Å². The molecule has 1 aliphatic rings. The Morgan fingerprint density at radius 1 is 1.25 bits per heavy atom. The van der Waals surface area contributed by atoms with E-state index >= 15 is 0 Å². The Kier molecular flexibility index (Phi) is 5.89. The van der Waals surface area contributed by atoms with Crippen molar-refractivity contribution in [1.29, 1.82) is 0 Å². The van der Waals surface area contributed by atoms with Gasteiger partial charge in [0.2, 0.25) is 0 Å². The maximum Gasteiger partial charge on any atom is 0.340 e. The van der Waals surface area contributed by atoms with Gasteiger partial charge in [-0.15, -0.1) is 0 Å². The van der Waals surface area contributed by atoms with Gasteiger partial charge in [-0.3, -0.25) is 10.1 Å². The number of carbonyl (C=O) groups is 1. The normalized spacial score (nSPS) is 15.6. The van der Waals surface area contributed by atoms with Gasteiger partial charge in [0.25, 0.3) is 5.69 Å². The van der Waals surface area contributed by atoms with Crippen LogP contribution in [0.15, 0.2) is 42.5 Å². The summed E-state index contributed by atoms with van der Waals surface area (Å²) in [5, 5.41) is 14.3. The maximum absolute atomic E-state index is 13.4. The molecule has 1 saturated heterocycles. The van der Waals surface area contributed by atoms with Crippen LogP contribution in [0.1, 0.15) is 28.8 Å². The Labute approximate surface area is 161 Å². The second-order valence-electron chi connectivity index (χ2n) is 6.73. The fourth-order valence-electron chi connectivity index (χ4n) is 3.48. The number of methoxy groups -OCH3 is 1. The number of hydrogen-bond donors (Lipinski definition) is 1. The number of nitrogens with one attached hydrogen (secondary N) is 1. The maximum atomic E-state index is 13.4. The smallest absolute Gasteiger partial charge is 0.340 e. The number of carbonyl (C=O) groups excluding carboxylic acids is 1. The highest BCUT2D eigenvalue weighted by atomic mass is 19.1. The van der Waals surface area contributed by atoms with Gasteiger partial charge in [-0.1, -0.05) is 12.1 Å². The van der Waals surface area contributed by atoms with E-state index in [4.69, 9.17) is 9.47 Å². The molecule has 3 rings (SSSR count). The van der Waals surface area contributed by atoms with Crippen molar-refractivity contribution in [2.45, 2.75) is 18.3 Å². The predicted octanol–water partition coefficient (Wildman–Crippen LogP) is 3.68. The topological polar surface area (TPSA) is 90.7 Å². The van der Waals surface area contributed by atoms with Gasteiger partial charge in [0.1, 0.15) is 5.82 Å². The van der Waals surface area contributed by atoms with Crippen molar-refractivity contribution in [3.63, 3.8) is 0 Å². The fraction of sp³-hybridized carbons (Fsp3) is 0.350. The van der Waals surface area contributed by atoms with Crippen LogP contribution in [0.5, 0.6) is 0 Å². The van der Waals surface area contributed by atoms with Crippen LogP contribution in [0.25, 0.3) is 0 Å². The third-order valence-corrected chi connectivity index (χ3v) is 5.14. The highest BCUT2D eigenvalue weighted by molar-refractivity contribution is 5.96. The molecule has 0 amide bonds. The summed E-state index contributed by atoms with van der Waals surface area (Å²) in [4.78, 5) is 22.6. The SMILES string of the molecule is COC(=O)c1cc([N+](=O)[O-])ccc1NCC1(c2ccc(F)cc2)CCOCC1. The molecule has 1 N–H and O–H groups in total. The summed E-state index contributed by atoms with van der Waals surface area (Å²) < 4.78 is 23.6. The molecule has 0 radical (unpaired) electrons. The highest BCUT2D eigenvalue weighted by Crippen LogP contribution is 2.36. The zero-order valence-electron chi connectivity index (χ0n) is 15.4. The molecular weight excluding hydrogens is 367 g/mol. The average molecular weight is 388 g/mol. The van der Waals surface area contributed by atoms with Crippen LogP contribution in [0, 0.1) is 15.9 Å². The molecule has 0 aromatic heterocycles. The van der Waals surface area contributed by atoms with E-state index in [1.165, 1.54) is 37.4 Å². The first kappa shape index (κ1) is 19.8. The van der Waals surface area contributed by atoms with E-state index in [9.17, 15) is 19.3 Å². The number of benzene rings is 2. The van der Waals surface area contributed by atoms with Crippen LogP contribution in [-0.4, -0.2) is 37.8 Å². The second kappa shape index (κ2) is 8.35. The van der Waals surface area contributed by atoms with Gasteiger partial charge in [0.05, 0.1) is 17.6 Å². The standard InChI is InChI=1S/C20H21FN2O5/c1-27-19(24)17-12-16(23(25)26)6-7-18(17)22-13-20(8-10-28-11-9-20)14-2-4-15(21)5-3-14/h2-7,12,22H,8-11,13H2,1H3. The quantitative estimate of drug-likeness (QED) is 0.461. The first-order valence-corrected chi connectivity index (χ1v) is 8.90. The van der Waals surface area contributed by atoms with Gasteiger partial charge >= 0.3 is 5.97 Å². The number of non-ortho nitro benzene ring substituents is 1. The Morgan fingerprint density at radius 3 is 2.54 bits per heavy atom. The summed E-state index contributed by atoms with van der Waals surface area (Å²) in [7, 11) is 1.23. The van der Waals surface area contributed by atoms with Crippen LogP contribution in [0.4, 0.5) is 15.8 Å². The van der Waals surface area contributed by atoms with Gasteiger partial charge in [0, 0.05) is 43.0 Å². The molecule has 1 heterocycles. The van der Waals surface area contributed by atoms with E-state index in [1.807, 2.05) is 0 Å². The lowest BCUT2D eigenvalue weighted by Gasteiger charge is -2.38. The molecular formula is C20H21FN2O5. The lowest BCUT2D eigenvalue weighted by Crippen LogP contribution is -2.40. The highest BCUT2D eigenvalue weighted by Gasteiger charge is 2.34. The van der Waals surface area contributed by atoms with Crippen molar-refractivity contribution >= 4 is 17.3 Å². The largest absolute Gasteiger partial charge is 0.465 e. The number of nitro groups is 1. The lowest BCUT2D eigenvalue weighted by atomic mass is 9.74. The third-order valence-electron chi connectivity index (χ3n) is 5.14. The number of hydrogen-bond acceptors (Lipinski definition) is 6. The van der Waals surface area contributed by atoms with Crippen LogP contribution in [-0.2, 0) is 14.9 Å². The summed E-state index contributed by atoms with van der Waals surface area (Å²) in [5.74, 6) is -0.962. The summed E-state index contributed by atoms with van der Waals surface area (Å²) in [6, 6.07) is 10.4. The zero-order chi connectivity index (χ0) is 20.1. The van der Waals surface area contributed by atoms with Gasteiger partial charge in [-0.05, 0) is 36.6 Å². The van der Waals surface area contributed by atoms with Crippen molar-refractivity contribution in [3.05, 3.63) is 69.5 Å². The molecule has 0 atom stereocenters. The summed E-state index contributed by atoms with van der Waals surface area (Å²) in [6.07, 6.45) is 1.46. The van der Waals surface area contributed by atoms with Crippen molar-refractivity contribution in [3.8, 4) is 0 Å². The number of rotatable bonds is 6. The minimum absolute atomic E-state index is 0.0954. The molecule has 2 aromatic rings. The Bertz CT molecular complexity index is 863. The van der Waals surface area contributed by atoms with Crippen molar-refractivity contribution in [2.24, 2.45) is 0 Å². The third kappa shape index (κ3) is 4.12. The number of ether oxygens (including phenoxy) is 2. The zero-order valence-corrected chi connectivity index (χ0v) is 15.4. The number of nitro benzene ring substituents is 1. The predicted molar refractivity (Wildman–Crippen MR) is 101 cm³/mol. The van der Waals surface area contributed by atoms with Crippen molar-refractivity contribution in [1.82, 2.24) is 0 Å².